The van der Waals surface area contributed by atoms with Crippen molar-refractivity contribution in [3.63, 3.8) is 0 Å². The van der Waals surface area contributed by atoms with Crippen LogP contribution >= 0.6 is 0 Å². The van der Waals surface area contributed by atoms with Crippen LogP contribution in [0.4, 0.5) is 0 Å². The fourth-order valence-corrected chi connectivity index (χ4v) is 3.73. The number of nitrogens with zero attached hydrogens (tertiary/aromatic N) is 1. The van der Waals surface area contributed by atoms with Gasteiger partial charge < -0.3 is 10.4 Å². The molecule has 5 heteroatoms. The maximum atomic E-state index is 11.9. The molecule has 1 aliphatic heterocycles. The molecule has 114 valence electrons. The maximum Gasteiger partial charge on any atom is 0.311 e. The van der Waals surface area contributed by atoms with Gasteiger partial charge >= 0.3 is 5.97 Å². The summed E-state index contributed by atoms with van der Waals surface area (Å²) in [6, 6.07) is 0. The highest BCUT2D eigenvalue weighted by atomic mass is 16.4. The first-order chi connectivity index (χ1) is 9.58. The van der Waals surface area contributed by atoms with Crippen molar-refractivity contribution in [3.05, 3.63) is 0 Å². The molecule has 20 heavy (non-hydrogen) atoms. The highest BCUT2D eigenvalue weighted by molar-refractivity contribution is 5.79. The molecule has 2 aliphatic rings. The summed E-state index contributed by atoms with van der Waals surface area (Å²) < 4.78 is 0. The summed E-state index contributed by atoms with van der Waals surface area (Å²) in [6.45, 7) is 4.51. The number of likely N-dealkylation sites (tertiary alicyclic amines) is 1. The third-order valence-electron chi connectivity index (χ3n) is 4.84. The predicted octanol–water partition coefficient (Wildman–Crippen LogP) is 1.48. The number of fused-ring (bicyclic) bond motifs is 1. The van der Waals surface area contributed by atoms with E-state index in [9.17, 15) is 14.7 Å². The SMILES string of the molecule is CCCCCNC(=O)CN1C[C@@H]2CCC[C@@]2(C(=O)O)C1. The molecule has 1 saturated heterocycles. The van der Waals surface area contributed by atoms with E-state index in [0.29, 0.717) is 13.1 Å². The minimum atomic E-state index is -0.675. The van der Waals surface area contributed by atoms with Crippen molar-refractivity contribution in [1.82, 2.24) is 10.2 Å². The van der Waals surface area contributed by atoms with Crippen molar-refractivity contribution in [2.75, 3.05) is 26.2 Å². The van der Waals surface area contributed by atoms with Crippen LogP contribution in [0.25, 0.3) is 0 Å². The number of nitrogens with one attached hydrogen (secondary N) is 1. The molecule has 2 N–H and O–H groups in total. The summed E-state index contributed by atoms with van der Waals surface area (Å²) in [5.74, 6) is -0.416. The largest absolute Gasteiger partial charge is 0.481 e. The highest BCUT2D eigenvalue weighted by Crippen LogP contribution is 2.48. The monoisotopic (exact) mass is 282 g/mol. The van der Waals surface area contributed by atoms with E-state index in [-0.39, 0.29) is 11.8 Å². The Bertz CT molecular complexity index is 372. The Hall–Kier alpha value is -1.10. The molecular formula is C15H26N2O3. The normalized spacial score (nSPS) is 29.4. The van der Waals surface area contributed by atoms with E-state index in [1.54, 1.807) is 0 Å². The van der Waals surface area contributed by atoms with Gasteiger partial charge in [-0.05, 0) is 25.2 Å². The second-order valence-corrected chi connectivity index (χ2v) is 6.28. The Labute approximate surface area is 120 Å². The van der Waals surface area contributed by atoms with Crippen LogP contribution in [0.3, 0.4) is 0 Å². The minimum Gasteiger partial charge on any atom is -0.481 e. The summed E-state index contributed by atoms with van der Waals surface area (Å²) >= 11 is 0. The molecule has 2 rings (SSSR count). The van der Waals surface area contributed by atoms with Gasteiger partial charge in [0.25, 0.3) is 0 Å². The molecule has 5 nitrogen and oxygen atoms in total. The molecule has 0 aromatic heterocycles. The van der Waals surface area contributed by atoms with Gasteiger partial charge in [0, 0.05) is 19.6 Å². The summed E-state index contributed by atoms with van der Waals surface area (Å²) in [7, 11) is 0. The molecular weight excluding hydrogens is 256 g/mol. The van der Waals surface area contributed by atoms with Crippen LogP contribution in [0.2, 0.25) is 0 Å². The van der Waals surface area contributed by atoms with Crippen molar-refractivity contribution >= 4 is 11.9 Å². The van der Waals surface area contributed by atoms with Gasteiger partial charge in [-0.15, -0.1) is 0 Å². The first kappa shape index (κ1) is 15.3. The lowest BCUT2D eigenvalue weighted by molar-refractivity contribution is -0.149. The fourth-order valence-electron chi connectivity index (χ4n) is 3.73. The van der Waals surface area contributed by atoms with Crippen LogP contribution < -0.4 is 5.32 Å². The lowest BCUT2D eigenvalue weighted by Gasteiger charge is -2.23. The van der Waals surface area contributed by atoms with E-state index in [1.165, 1.54) is 0 Å². The zero-order valence-electron chi connectivity index (χ0n) is 12.4. The number of carbonyl (C=O) groups excluding carboxylic acids is 1. The average Bonchev–Trinajstić information content (AvgIpc) is 2.92. The van der Waals surface area contributed by atoms with Crippen LogP contribution in [-0.2, 0) is 9.59 Å². The lowest BCUT2D eigenvalue weighted by Crippen LogP contribution is -2.39. The van der Waals surface area contributed by atoms with Gasteiger partial charge in [-0.25, -0.2) is 0 Å². The second kappa shape index (κ2) is 6.57. The molecule has 1 saturated carbocycles. The van der Waals surface area contributed by atoms with Crippen molar-refractivity contribution in [3.8, 4) is 0 Å². The first-order valence-electron chi connectivity index (χ1n) is 7.81. The van der Waals surface area contributed by atoms with Gasteiger partial charge in [-0.2, -0.15) is 0 Å². The second-order valence-electron chi connectivity index (χ2n) is 6.28. The number of hydrogen-bond acceptors (Lipinski definition) is 3. The fraction of sp³-hybridized carbons (Fsp3) is 0.867. The Balaban J connectivity index is 1.78. The van der Waals surface area contributed by atoms with Crippen molar-refractivity contribution in [2.24, 2.45) is 11.3 Å². The lowest BCUT2D eigenvalue weighted by atomic mass is 9.81. The molecule has 0 unspecified atom stereocenters. The van der Waals surface area contributed by atoms with E-state index >= 15 is 0 Å². The predicted molar refractivity (Wildman–Crippen MR) is 76.4 cm³/mol. The molecule has 0 bridgehead atoms. The maximum absolute atomic E-state index is 11.9. The van der Waals surface area contributed by atoms with Gasteiger partial charge in [0.05, 0.1) is 12.0 Å². The van der Waals surface area contributed by atoms with Crippen molar-refractivity contribution in [1.29, 1.82) is 0 Å². The van der Waals surface area contributed by atoms with Crippen molar-refractivity contribution < 1.29 is 14.7 Å². The third kappa shape index (κ3) is 3.14. The van der Waals surface area contributed by atoms with Crippen LogP contribution in [0.1, 0.15) is 45.4 Å². The molecule has 1 amide bonds. The van der Waals surface area contributed by atoms with Crippen molar-refractivity contribution in [2.45, 2.75) is 45.4 Å². The molecule has 0 aromatic rings. The van der Waals surface area contributed by atoms with Gasteiger partial charge in [0.15, 0.2) is 0 Å². The topological polar surface area (TPSA) is 69.6 Å². The minimum absolute atomic E-state index is 0.0293. The molecule has 2 fully saturated rings. The number of hydrogen-bond donors (Lipinski definition) is 2. The van der Waals surface area contributed by atoms with Gasteiger partial charge in [-0.3, -0.25) is 14.5 Å². The molecule has 2 atom stereocenters. The van der Waals surface area contributed by atoms with Crippen LogP contribution in [0, 0.1) is 11.3 Å². The number of unbranched alkanes of at least 4 members (excludes halogenated alkanes) is 2. The molecule has 0 spiro atoms. The van der Waals surface area contributed by atoms with Crippen LogP contribution in [0.5, 0.6) is 0 Å². The Morgan fingerprint density at radius 2 is 2.20 bits per heavy atom. The molecule has 1 aliphatic carbocycles. The first-order valence-corrected chi connectivity index (χ1v) is 7.81. The van der Waals surface area contributed by atoms with E-state index in [2.05, 4.69) is 12.2 Å². The standard InChI is InChI=1S/C15H26N2O3/c1-2-3-4-8-16-13(18)10-17-9-12-6-5-7-15(12,11-17)14(19)20/h12H,2-11H2,1H3,(H,16,18)(H,19,20)/t12-,15+/m0/s1. The quantitative estimate of drug-likeness (QED) is 0.694. The number of carboxylic acid groups (broad SMARTS) is 1. The average molecular weight is 282 g/mol. The van der Waals surface area contributed by atoms with Crippen LogP contribution in [0.15, 0.2) is 0 Å². The van der Waals surface area contributed by atoms with E-state index in [4.69, 9.17) is 0 Å². The summed E-state index contributed by atoms with van der Waals surface area (Å²) in [5.41, 5.74) is -0.581. The number of carbonyl (C=O) groups is 2. The van der Waals surface area contributed by atoms with E-state index < -0.39 is 11.4 Å². The molecule has 0 aromatic carbocycles. The number of carboxylic acids is 1. The third-order valence-corrected chi connectivity index (χ3v) is 4.84. The van der Waals surface area contributed by atoms with Gasteiger partial charge in [-0.1, -0.05) is 26.2 Å². The summed E-state index contributed by atoms with van der Waals surface area (Å²) in [6.07, 6.45) is 6.06. The number of aliphatic carboxylic acids is 1. The van der Waals surface area contributed by atoms with Gasteiger partial charge in [0.1, 0.15) is 0 Å². The summed E-state index contributed by atoms with van der Waals surface area (Å²) in [5, 5.41) is 12.4. The Kier molecular flexibility index (Phi) is 5.02. The zero-order valence-corrected chi connectivity index (χ0v) is 12.4. The summed E-state index contributed by atoms with van der Waals surface area (Å²) in [4.78, 5) is 25.4. The van der Waals surface area contributed by atoms with E-state index in [1.807, 2.05) is 4.90 Å². The van der Waals surface area contributed by atoms with E-state index in [0.717, 1.165) is 51.6 Å². The zero-order chi connectivity index (χ0) is 14.6. The highest BCUT2D eigenvalue weighted by Gasteiger charge is 2.54. The molecule has 1 heterocycles. The smallest absolute Gasteiger partial charge is 0.311 e. The Morgan fingerprint density at radius 3 is 2.85 bits per heavy atom. The molecule has 0 radical (unpaired) electrons. The van der Waals surface area contributed by atoms with Crippen LogP contribution in [-0.4, -0.2) is 48.1 Å². The number of rotatable bonds is 7. The Morgan fingerprint density at radius 1 is 1.40 bits per heavy atom. The van der Waals surface area contributed by atoms with Gasteiger partial charge in [0.2, 0.25) is 5.91 Å². The number of amides is 1.